The number of hydrogen-bond acceptors (Lipinski definition) is 1. The second-order valence-electron chi connectivity index (χ2n) is 4.43. The van der Waals surface area contributed by atoms with E-state index in [2.05, 4.69) is 41.1 Å². The first-order chi connectivity index (χ1) is 6.65. The van der Waals surface area contributed by atoms with Crippen LogP contribution in [0.1, 0.15) is 24.0 Å². The SMILES string of the molecule is Cc1ccc(Br)c(CC2(CO)CC2)c1. The van der Waals surface area contributed by atoms with E-state index >= 15 is 0 Å². The van der Waals surface area contributed by atoms with Gasteiger partial charge in [-0.15, -0.1) is 0 Å². The molecule has 0 saturated heterocycles. The molecule has 1 aliphatic rings. The third-order valence-corrected chi connectivity index (χ3v) is 3.83. The Morgan fingerprint density at radius 3 is 2.71 bits per heavy atom. The Morgan fingerprint density at radius 2 is 2.14 bits per heavy atom. The molecule has 2 rings (SSSR count). The monoisotopic (exact) mass is 254 g/mol. The van der Waals surface area contributed by atoms with Crippen LogP contribution in [0.2, 0.25) is 0 Å². The van der Waals surface area contributed by atoms with Gasteiger partial charge < -0.3 is 5.11 Å². The smallest absolute Gasteiger partial charge is 0.0490 e. The molecule has 0 aromatic heterocycles. The van der Waals surface area contributed by atoms with Crippen LogP contribution in [0.4, 0.5) is 0 Å². The van der Waals surface area contributed by atoms with Crippen LogP contribution in [-0.4, -0.2) is 11.7 Å². The number of benzene rings is 1. The van der Waals surface area contributed by atoms with Crippen molar-refractivity contribution in [3.05, 3.63) is 33.8 Å². The predicted octanol–water partition coefficient (Wildman–Crippen LogP) is 3.07. The zero-order chi connectivity index (χ0) is 10.2. The average Bonchev–Trinajstić information content (AvgIpc) is 2.92. The van der Waals surface area contributed by atoms with Crippen LogP contribution in [0.5, 0.6) is 0 Å². The van der Waals surface area contributed by atoms with E-state index < -0.39 is 0 Å². The van der Waals surface area contributed by atoms with Gasteiger partial charge in [0.05, 0.1) is 0 Å². The molecule has 0 spiro atoms. The lowest BCUT2D eigenvalue weighted by Crippen LogP contribution is -2.10. The fourth-order valence-electron chi connectivity index (χ4n) is 1.81. The summed E-state index contributed by atoms with van der Waals surface area (Å²) >= 11 is 3.56. The average molecular weight is 255 g/mol. The number of halogens is 1. The van der Waals surface area contributed by atoms with Gasteiger partial charge in [0.1, 0.15) is 0 Å². The van der Waals surface area contributed by atoms with Gasteiger partial charge in [0.15, 0.2) is 0 Å². The summed E-state index contributed by atoms with van der Waals surface area (Å²) in [6, 6.07) is 6.41. The Balaban J connectivity index is 2.20. The molecule has 0 atom stereocenters. The molecule has 2 heteroatoms. The van der Waals surface area contributed by atoms with Crippen LogP contribution < -0.4 is 0 Å². The zero-order valence-electron chi connectivity index (χ0n) is 8.39. The third kappa shape index (κ3) is 2.01. The normalized spacial score (nSPS) is 18.2. The van der Waals surface area contributed by atoms with Gasteiger partial charge in [0.25, 0.3) is 0 Å². The van der Waals surface area contributed by atoms with Crippen molar-refractivity contribution in [3.8, 4) is 0 Å². The number of rotatable bonds is 3. The summed E-state index contributed by atoms with van der Waals surface area (Å²) in [7, 11) is 0. The van der Waals surface area contributed by atoms with Gasteiger partial charge in [-0.3, -0.25) is 0 Å². The largest absolute Gasteiger partial charge is 0.396 e. The van der Waals surface area contributed by atoms with Crippen LogP contribution in [0.25, 0.3) is 0 Å². The fourth-order valence-corrected chi connectivity index (χ4v) is 2.20. The minimum Gasteiger partial charge on any atom is -0.396 e. The van der Waals surface area contributed by atoms with Gasteiger partial charge in [-0.05, 0) is 43.2 Å². The molecule has 0 unspecified atom stereocenters. The van der Waals surface area contributed by atoms with Crippen molar-refractivity contribution in [2.75, 3.05) is 6.61 Å². The molecule has 1 aromatic rings. The van der Waals surface area contributed by atoms with Crippen LogP contribution >= 0.6 is 15.9 Å². The van der Waals surface area contributed by atoms with E-state index in [1.165, 1.54) is 28.4 Å². The molecule has 0 heterocycles. The standard InChI is InChI=1S/C12H15BrO/c1-9-2-3-11(13)10(6-9)7-12(8-14)4-5-12/h2-3,6,14H,4-5,7-8H2,1H3. The lowest BCUT2D eigenvalue weighted by molar-refractivity contribution is 0.211. The Bertz CT molecular complexity index is 342. The molecular formula is C12H15BrO. The van der Waals surface area contributed by atoms with E-state index in [1.54, 1.807) is 0 Å². The summed E-state index contributed by atoms with van der Waals surface area (Å²) in [6.07, 6.45) is 3.35. The molecule has 1 aromatic carbocycles. The summed E-state index contributed by atoms with van der Waals surface area (Å²) in [5.41, 5.74) is 2.82. The number of aliphatic hydroxyl groups excluding tert-OH is 1. The van der Waals surface area contributed by atoms with Crippen LogP contribution in [0.3, 0.4) is 0 Å². The summed E-state index contributed by atoms with van der Waals surface area (Å²) in [5, 5.41) is 9.26. The second kappa shape index (κ2) is 3.67. The third-order valence-electron chi connectivity index (χ3n) is 3.06. The van der Waals surface area contributed by atoms with Crippen molar-refractivity contribution >= 4 is 15.9 Å². The molecule has 0 amide bonds. The molecular weight excluding hydrogens is 240 g/mol. The number of aryl methyl sites for hydroxylation is 1. The maximum atomic E-state index is 9.26. The van der Waals surface area contributed by atoms with Crippen LogP contribution in [-0.2, 0) is 6.42 Å². The highest BCUT2D eigenvalue weighted by Gasteiger charge is 2.42. The van der Waals surface area contributed by atoms with Gasteiger partial charge >= 0.3 is 0 Å². The molecule has 76 valence electrons. The number of aliphatic hydroxyl groups is 1. The van der Waals surface area contributed by atoms with Crippen molar-refractivity contribution in [2.24, 2.45) is 5.41 Å². The highest BCUT2D eigenvalue weighted by Crippen LogP contribution is 2.48. The Labute approximate surface area is 93.3 Å². The van der Waals surface area contributed by atoms with Crippen molar-refractivity contribution in [3.63, 3.8) is 0 Å². The first kappa shape index (κ1) is 10.2. The van der Waals surface area contributed by atoms with E-state index in [-0.39, 0.29) is 5.41 Å². The maximum absolute atomic E-state index is 9.26. The van der Waals surface area contributed by atoms with E-state index in [9.17, 15) is 5.11 Å². The Kier molecular flexibility index (Phi) is 2.67. The predicted molar refractivity (Wildman–Crippen MR) is 61.3 cm³/mol. The molecule has 1 fully saturated rings. The first-order valence-electron chi connectivity index (χ1n) is 5.01. The number of hydrogen-bond donors (Lipinski definition) is 1. The molecule has 0 radical (unpaired) electrons. The van der Waals surface area contributed by atoms with Crippen molar-refractivity contribution < 1.29 is 5.11 Å². The minimum atomic E-state index is 0.205. The maximum Gasteiger partial charge on any atom is 0.0490 e. The zero-order valence-corrected chi connectivity index (χ0v) is 9.97. The quantitative estimate of drug-likeness (QED) is 0.880. The Hall–Kier alpha value is -0.340. The molecule has 1 N–H and O–H groups in total. The molecule has 0 bridgehead atoms. The van der Waals surface area contributed by atoms with E-state index in [4.69, 9.17) is 0 Å². The molecule has 0 aliphatic heterocycles. The minimum absolute atomic E-state index is 0.205. The van der Waals surface area contributed by atoms with Gasteiger partial charge in [0.2, 0.25) is 0 Å². The highest BCUT2D eigenvalue weighted by atomic mass is 79.9. The summed E-state index contributed by atoms with van der Waals surface area (Å²) < 4.78 is 1.17. The van der Waals surface area contributed by atoms with Crippen molar-refractivity contribution in [1.29, 1.82) is 0 Å². The summed E-state index contributed by atoms with van der Waals surface area (Å²) in [6.45, 7) is 2.43. The van der Waals surface area contributed by atoms with Crippen molar-refractivity contribution in [1.82, 2.24) is 0 Å². The Morgan fingerprint density at radius 1 is 1.43 bits per heavy atom. The van der Waals surface area contributed by atoms with E-state index in [1.807, 2.05) is 0 Å². The molecule has 1 saturated carbocycles. The summed E-state index contributed by atoms with van der Waals surface area (Å²) in [5.74, 6) is 0. The van der Waals surface area contributed by atoms with Crippen molar-refractivity contribution in [2.45, 2.75) is 26.2 Å². The second-order valence-corrected chi connectivity index (χ2v) is 5.28. The summed E-state index contributed by atoms with van der Waals surface area (Å²) in [4.78, 5) is 0. The van der Waals surface area contributed by atoms with Gasteiger partial charge in [-0.1, -0.05) is 33.6 Å². The topological polar surface area (TPSA) is 20.2 Å². The van der Waals surface area contributed by atoms with E-state index in [0.717, 1.165) is 6.42 Å². The highest BCUT2D eigenvalue weighted by molar-refractivity contribution is 9.10. The van der Waals surface area contributed by atoms with Gasteiger partial charge in [-0.25, -0.2) is 0 Å². The van der Waals surface area contributed by atoms with E-state index in [0.29, 0.717) is 6.61 Å². The molecule has 1 aliphatic carbocycles. The fraction of sp³-hybridized carbons (Fsp3) is 0.500. The van der Waals surface area contributed by atoms with Crippen LogP contribution in [0.15, 0.2) is 22.7 Å². The van der Waals surface area contributed by atoms with Gasteiger partial charge in [-0.2, -0.15) is 0 Å². The lowest BCUT2D eigenvalue weighted by atomic mass is 9.96. The van der Waals surface area contributed by atoms with Gasteiger partial charge in [0, 0.05) is 11.1 Å². The molecule has 1 nitrogen and oxygen atoms in total. The first-order valence-corrected chi connectivity index (χ1v) is 5.80. The van der Waals surface area contributed by atoms with Crippen LogP contribution in [0, 0.1) is 12.3 Å². The molecule has 14 heavy (non-hydrogen) atoms. The lowest BCUT2D eigenvalue weighted by Gasteiger charge is -2.13.